The summed E-state index contributed by atoms with van der Waals surface area (Å²) in [5.41, 5.74) is 0.327. The third-order valence-corrected chi connectivity index (χ3v) is 3.32. The molecule has 0 aliphatic carbocycles. The van der Waals surface area contributed by atoms with Gasteiger partial charge in [0.15, 0.2) is 0 Å². The van der Waals surface area contributed by atoms with Crippen molar-refractivity contribution < 1.29 is 18.7 Å². The van der Waals surface area contributed by atoms with Crippen molar-refractivity contribution in [3.8, 4) is 0 Å². The molecule has 1 heterocycles. The van der Waals surface area contributed by atoms with Gasteiger partial charge in [0.05, 0.1) is 12.2 Å². The van der Waals surface area contributed by atoms with Gasteiger partial charge in [0.25, 0.3) is 0 Å². The minimum atomic E-state index is -0.445. The van der Waals surface area contributed by atoms with E-state index in [1.807, 2.05) is 0 Å². The van der Waals surface area contributed by atoms with E-state index < -0.39 is 11.8 Å². The van der Waals surface area contributed by atoms with Gasteiger partial charge in [-0.05, 0) is 37.0 Å². The van der Waals surface area contributed by atoms with E-state index in [-0.39, 0.29) is 4.90 Å². The highest BCUT2D eigenvalue weighted by Crippen LogP contribution is 2.17. The second kappa shape index (κ2) is 6.20. The summed E-state index contributed by atoms with van der Waals surface area (Å²) in [6, 6.07) is 4.00. The van der Waals surface area contributed by atoms with Crippen LogP contribution in [0.15, 0.2) is 23.1 Å². The van der Waals surface area contributed by atoms with Crippen molar-refractivity contribution in [3.05, 3.63) is 29.6 Å². The van der Waals surface area contributed by atoms with Crippen LogP contribution in [0.2, 0.25) is 0 Å². The molecule has 2 rings (SSSR count). The van der Waals surface area contributed by atoms with Gasteiger partial charge in [0.2, 0.25) is 0 Å². The molecular formula is C13H15FO3S. The Morgan fingerprint density at radius 2 is 2.17 bits per heavy atom. The number of carbonyl (C=O) groups is 1. The Bertz CT molecular complexity index is 430. The zero-order valence-electron chi connectivity index (χ0n) is 9.89. The zero-order chi connectivity index (χ0) is 13.0. The van der Waals surface area contributed by atoms with Crippen LogP contribution in [0.4, 0.5) is 4.39 Å². The molecule has 1 fully saturated rings. The maximum absolute atomic E-state index is 13.0. The fourth-order valence-corrected chi connectivity index (χ4v) is 2.04. The summed E-state index contributed by atoms with van der Waals surface area (Å²) < 4.78 is 23.4. The van der Waals surface area contributed by atoms with Crippen LogP contribution in [-0.2, 0) is 9.47 Å². The second-order valence-electron chi connectivity index (χ2n) is 4.32. The zero-order valence-corrected chi connectivity index (χ0v) is 10.8. The first-order valence-electron chi connectivity index (χ1n) is 5.90. The predicted molar refractivity (Wildman–Crippen MR) is 67.5 cm³/mol. The number of esters is 1. The van der Waals surface area contributed by atoms with Crippen LogP contribution >= 0.6 is 12.6 Å². The largest absolute Gasteiger partial charge is 0.462 e. The highest BCUT2D eigenvalue weighted by Gasteiger charge is 2.17. The number of benzene rings is 1. The third kappa shape index (κ3) is 3.46. The average molecular weight is 270 g/mol. The van der Waals surface area contributed by atoms with Gasteiger partial charge in [-0.2, -0.15) is 0 Å². The van der Waals surface area contributed by atoms with E-state index >= 15 is 0 Å². The van der Waals surface area contributed by atoms with Crippen molar-refractivity contribution >= 4 is 18.6 Å². The van der Waals surface area contributed by atoms with Crippen molar-refractivity contribution in [1.82, 2.24) is 0 Å². The summed E-state index contributed by atoms with van der Waals surface area (Å²) in [6.45, 7) is 1.83. The Balaban J connectivity index is 1.88. The monoisotopic (exact) mass is 270 g/mol. The second-order valence-corrected chi connectivity index (χ2v) is 4.80. The van der Waals surface area contributed by atoms with E-state index in [1.165, 1.54) is 18.2 Å². The Morgan fingerprint density at radius 1 is 1.44 bits per heavy atom. The van der Waals surface area contributed by atoms with Crippen molar-refractivity contribution in [2.75, 3.05) is 19.8 Å². The molecule has 18 heavy (non-hydrogen) atoms. The number of hydrogen-bond acceptors (Lipinski definition) is 4. The van der Waals surface area contributed by atoms with E-state index in [4.69, 9.17) is 9.47 Å². The fourth-order valence-electron chi connectivity index (χ4n) is 1.83. The molecule has 0 unspecified atom stereocenters. The molecule has 1 saturated heterocycles. The molecule has 1 aliphatic heterocycles. The average Bonchev–Trinajstić information content (AvgIpc) is 2.40. The van der Waals surface area contributed by atoms with Gasteiger partial charge in [-0.15, -0.1) is 12.6 Å². The minimum Gasteiger partial charge on any atom is -0.462 e. The SMILES string of the molecule is O=C(OCC1CCOCC1)c1ccc(F)c(S)c1. The molecule has 1 aliphatic rings. The van der Waals surface area contributed by atoms with E-state index in [1.54, 1.807) is 0 Å². The summed E-state index contributed by atoms with van der Waals surface area (Å²) in [4.78, 5) is 11.9. The molecule has 0 bridgehead atoms. The maximum atomic E-state index is 13.0. The molecule has 5 heteroatoms. The van der Waals surface area contributed by atoms with Gasteiger partial charge < -0.3 is 9.47 Å². The highest BCUT2D eigenvalue weighted by atomic mass is 32.1. The first kappa shape index (κ1) is 13.4. The van der Waals surface area contributed by atoms with Crippen LogP contribution in [0.5, 0.6) is 0 Å². The molecule has 0 saturated carbocycles. The lowest BCUT2D eigenvalue weighted by atomic mass is 10.0. The molecule has 0 aromatic heterocycles. The Kier molecular flexibility index (Phi) is 4.60. The highest BCUT2D eigenvalue weighted by molar-refractivity contribution is 7.80. The smallest absolute Gasteiger partial charge is 0.338 e. The van der Waals surface area contributed by atoms with Gasteiger partial charge in [-0.1, -0.05) is 0 Å². The van der Waals surface area contributed by atoms with Gasteiger partial charge in [-0.25, -0.2) is 9.18 Å². The van der Waals surface area contributed by atoms with E-state index in [2.05, 4.69) is 12.6 Å². The fraction of sp³-hybridized carbons (Fsp3) is 0.462. The number of hydrogen-bond donors (Lipinski definition) is 1. The first-order valence-corrected chi connectivity index (χ1v) is 6.35. The number of thiol groups is 1. The van der Waals surface area contributed by atoms with Crippen molar-refractivity contribution in [3.63, 3.8) is 0 Å². The summed E-state index contributed by atoms with van der Waals surface area (Å²) in [5, 5.41) is 0. The van der Waals surface area contributed by atoms with Crippen molar-refractivity contribution in [2.24, 2.45) is 5.92 Å². The van der Waals surface area contributed by atoms with Gasteiger partial charge in [-0.3, -0.25) is 0 Å². The lowest BCUT2D eigenvalue weighted by molar-refractivity contribution is 0.0185. The molecule has 98 valence electrons. The minimum absolute atomic E-state index is 0.149. The summed E-state index contributed by atoms with van der Waals surface area (Å²) in [5.74, 6) is -0.519. The van der Waals surface area contributed by atoms with Crippen LogP contribution < -0.4 is 0 Å². The standard InChI is InChI=1S/C13H15FO3S/c14-11-2-1-10(7-12(11)18)13(15)17-8-9-3-5-16-6-4-9/h1-2,7,9,18H,3-6,8H2. The molecule has 3 nitrogen and oxygen atoms in total. The maximum Gasteiger partial charge on any atom is 0.338 e. The Labute approximate surface area is 111 Å². The molecule has 0 atom stereocenters. The topological polar surface area (TPSA) is 35.5 Å². The summed E-state index contributed by atoms with van der Waals surface area (Å²) in [6.07, 6.45) is 1.82. The molecule has 0 spiro atoms. The van der Waals surface area contributed by atoms with E-state index in [9.17, 15) is 9.18 Å². The molecule has 0 N–H and O–H groups in total. The number of rotatable bonds is 3. The molecule has 0 amide bonds. The number of ether oxygens (including phenoxy) is 2. The van der Waals surface area contributed by atoms with Crippen molar-refractivity contribution in [1.29, 1.82) is 0 Å². The summed E-state index contributed by atoms with van der Waals surface area (Å²) >= 11 is 3.93. The number of carbonyl (C=O) groups excluding carboxylic acids is 1. The Morgan fingerprint density at radius 3 is 2.83 bits per heavy atom. The van der Waals surface area contributed by atoms with Gasteiger partial charge >= 0.3 is 5.97 Å². The third-order valence-electron chi connectivity index (χ3n) is 2.97. The molecule has 1 aromatic rings. The van der Waals surface area contributed by atoms with Gasteiger partial charge in [0.1, 0.15) is 5.82 Å². The van der Waals surface area contributed by atoms with Crippen LogP contribution in [0, 0.1) is 11.7 Å². The lowest BCUT2D eigenvalue weighted by Gasteiger charge is -2.21. The normalized spacial score (nSPS) is 16.6. The van der Waals surface area contributed by atoms with E-state index in [0.29, 0.717) is 18.1 Å². The summed E-state index contributed by atoms with van der Waals surface area (Å²) in [7, 11) is 0. The first-order chi connectivity index (χ1) is 8.66. The lowest BCUT2D eigenvalue weighted by Crippen LogP contribution is -2.21. The van der Waals surface area contributed by atoms with E-state index in [0.717, 1.165) is 26.1 Å². The molecule has 0 radical (unpaired) electrons. The number of halogens is 1. The van der Waals surface area contributed by atoms with Crippen LogP contribution in [0.25, 0.3) is 0 Å². The molecule has 1 aromatic carbocycles. The van der Waals surface area contributed by atoms with Crippen molar-refractivity contribution in [2.45, 2.75) is 17.7 Å². The Hall–Kier alpha value is -1.07. The van der Waals surface area contributed by atoms with Crippen LogP contribution in [-0.4, -0.2) is 25.8 Å². The molecular weight excluding hydrogens is 255 g/mol. The predicted octanol–water partition coefficient (Wildman–Crippen LogP) is 2.70. The quantitative estimate of drug-likeness (QED) is 0.677. The van der Waals surface area contributed by atoms with Gasteiger partial charge in [0, 0.05) is 18.1 Å². The van der Waals surface area contributed by atoms with Crippen LogP contribution in [0.1, 0.15) is 23.2 Å². The van der Waals surface area contributed by atoms with Crippen LogP contribution in [0.3, 0.4) is 0 Å².